The average molecular weight is 334 g/mol. The highest BCUT2D eigenvalue weighted by molar-refractivity contribution is 6.10. The molecular weight excluding hydrogens is 320 g/mol. The highest BCUT2D eigenvalue weighted by atomic mass is 16.3. The van der Waals surface area contributed by atoms with E-state index in [1.54, 1.807) is 6.20 Å². The van der Waals surface area contributed by atoms with Gasteiger partial charge in [0, 0.05) is 33.4 Å². The number of aromatic nitrogens is 2. The number of nitrogens with zero attached hydrogens (tertiary/aromatic N) is 2. The van der Waals surface area contributed by atoms with Crippen molar-refractivity contribution >= 4 is 43.9 Å². The fraction of sp³-hybridized carbons (Fsp3) is 0. The zero-order valence-electron chi connectivity index (χ0n) is 13.9. The second-order valence-corrected chi connectivity index (χ2v) is 6.51. The van der Waals surface area contributed by atoms with Gasteiger partial charge in [-0.2, -0.15) is 0 Å². The van der Waals surface area contributed by atoms with Gasteiger partial charge in [0.05, 0.1) is 11.0 Å². The molecule has 3 nitrogen and oxygen atoms in total. The highest BCUT2D eigenvalue weighted by Gasteiger charge is 2.13. The van der Waals surface area contributed by atoms with E-state index in [0.717, 1.165) is 22.0 Å². The van der Waals surface area contributed by atoms with Crippen molar-refractivity contribution in [2.75, 3.05) is 0 Å². The minimum Gasteiger partial charge on any atom is -0.438 e. The summed E-state index contributed by atoms with van der Waals surface area (Å²) < 4.78 is 8.20. The van der Waals surface area contributed by atoms with Crippen molar-refractivity contribution in [1.29, 1.82) is 0 Å². The second-order valence-electron chi connectivity index (χ2n) is 6.51. The normalized spacial score (nSPS) is 11.8. The number of furan rings is 1. The summed E-state index contributed by atoms with van der Waals surface area (Å²) in [6, 6.07) is 27.4. The molecule has 6 aromatic rings. The number of benzene rings is 3. The fourth-order valence-electron chi connectivity index (χ4n) is 3.94. The molecule has 0 aliphatic rings. The molecule has 0 saturated carbocycles. The summed E-state index contributed by atoms with van der Waals surface area (Å²) in [6.45, 7) is 0. The fourth-order valence-corrected chi connectivity index (χ4v) is 3.94. The van der Waals surface area contributed by atoms with Gasteiger partial charge in [-0.05, 0) is 42.5 Å². The van der Waals surface area contributed by atoms with Crippen LogP contribution in [0.4, 0.5) is 0 Å². The first kappa shape index (κ1) is 13.7. The molecule has 0 N–H and O–H groups in total. The van der Waals surface area contributed by atoms with E-state index in [4.69, 9.17) is 4.42 Å². The molecule has 0 fully saturated rings. The van der Waals surface area contributed by atoms with Gasteiger partial charge in [-0.1, -0.05) is 36.4 Å². The Balaban J connectivity index is 1.76. The van der Waals surface area contributed by atoms with Crippen LogP contribution in [0, 0.1) is 0 Å². The molecule has 0 aliphatic carbocycles. The molecular formula is C23H14N2O. The Bertz CT molecular complexity index is 1390. The lowest BCUT2D eigenvalue weighted by molar-refractivity contribution is 0.654. The Hall–Kier alpha value is -3.59. The molecule has 3 heterocycles. The van der Waals surface area contributed by atoms with E-state index in [-0.39, 0.29) is 0 Å². The Morgan fingerprint density at radius 2 is 1.35 bits per heavy atom. The Morgan fingerprint density at radius 3 is 2.12 bits per heavy atom. The summed E-state index contributed by atoms with van der Waals surface area (Å²) in [5.74, 6) is 0. The van der Waals surface area contributed by atoms with Crippen molar-refractivity contribution in [3.05, 3.63) is 85.1 Å². The zero-order valence-corrected chi connectivity index (χ0v) is 13.9. The summed E-state index contributed by atoms with van der Waals surface area (Å²) >= 11 is 0. The van der Waals surface area contributed by atoms with Crippen LogP contribution in [0.3, 0.4) is 0 Å². The minimum absolute atomic E-state index is 0.682. The lowest BCUT2D eigenvalue weighted by Crippen LogP contribution is -1.93. The van der Waals surface area contributed by atoms with E-state index in [2.05, 4.69) is 76.3 Å². The van der Waals surface area contributed by atoms with Gasteiger partial charge < -0.3 is 8.98 Å². The third-order valence-corrected chi connectivity index (χ3v) is 5.07. The quantitative estimate of drug-likeness (QED) is 0.365. The van der Waals surface area contributed by atoms with Gasteiger partial charge in [0.25, 0.3) is 0 Å². The molecule has 6 rings (SSSR count). The molecule has 0 aliphatic heterocycles. The lowest BCUT2D eigenvalue weighted by atomic mass is 10.1. The van der Waals surface area contributed by atoms with Crippen molar-refractivity contribution in [3.63, 3.8) is 0 Å². The molecule has 3 heteroatoms. The first-order valence-corrected chi connectivity index (χ1v) is 8.66. The van der Waals surface area contributed by atoms with Gasteiger partial charge >= 0.3 is 0 Å². The molecule has 0 unspecified atom stereocenters. The highest BCUT2D eigenvalue weighted by Crippen LogP contribution is 2.34. The van der Waals surface area contributed by atoms with Gasteiger partial charge in [-0.15, -0.1) is 0 Å². The summed E-state index contributed by atoms with van der Waals surface area (Å²) in [6.07, 6.45) is 1.76. The number of rotatable bonds is 1. The van der Waals surface area contributed by atoms with Crippen LogP contribution in [0.5, 0.6) is 0 Å². The number of pyridine rings is 1. The van der Waals surface area contributed by atoms with Crippen molar-refractivity contribution in [1.82, 2.24) is 9.55 Å². The van der Waals surface area contributed by atoms with Crippen LogP contribution >= 0.6 is 0 Å². The monoisotopic (exact) mass is 334 g/mol. The van der Waals surface area contributed by atoms with Crippen molar-refractivity contribution < 1.29 is 4.42 Å². The van der Waals surface area contributed by atoms with E-state index in [1.165, 1.54) is 21.8 Å². The Morgan fingerprint density at radius 1 is 0.654 bits per heavy atom. The third kappa shape index (κ3) is 1.74. The van der Waals surface area contributed by atoms with E-state index in [1.807, 2.05) is 12.1 Å². The number of hydrogen-bond donors (Lipinski definition) is 0. The second kappa shape index (κ2) is 4.96. The van der Waals surface area contributed by atoms with Gasteiger partial charge in [0.1, 0.15) is 5.58 Å². The van der Waals surface area contributed by atoms with Crippen molar-refractivity contribution in [2.24, 2.45) is 0 Å². The van der Waals surface area contributed by atoms with Crippen LogP contribution in [0.25, 0.3) is 49.6 Å². The van der Waals surface area contributed by atoms with Crippen molar-refractivity contribution in [3.8, 4) is 5.69 Å². The largest absolute Gasteiger partial charge is 0.438 e. The smallest absolute Gasteiger partial charge is 0.227 e. The zero-order chi connectivity index (χ0) is 17.1. The first-order chi connectivity index (χ1) is 12.9. The molecule has 122 valence electrons. The summed E-state index contributed by atoms with van der Waals surface area (Å²) in [4.78, 5) is 4.34. The molecule has 0 saturated heterocycles. The third-order valence-electron chi connectivity index (χ3n) is 5.07. The number of para-hydroxylation sites is 2. The van der Waals surface area contributed by atoms with Crippen LogP contribution in [-0.4, -0.2) is 9.55 Å². The lowest BCUT2D eigenvalue weighted by Gasteiger charge is -2.07. The SMILES string of the molecule is c1cnc2oc3ccc(-n4c5ccccc5c5ccccc54)cc3c2c1. The van der Waals surface area contributed by atoms with Gasteiger partial charge in [-0.25, -0.2) is 4.98 Å². The van der Waals surface area contributed by atoms with Gasteiger partial charge in [0.2, 0.25) is 5.71 Å². The molecule has 0 bridgehead atoms. The van der Waals surface area contributed by atoms with Gasteiger partial charge in [-0.3, -0.25) is 0 Å². The average Bonchev–Trinajstić information content (AvgIpc) is 3.23. The molecule has 0 atom stereocenters. The standard InChI is InChI=1S/C23H14N2O/c1-3-9-20-16(6-1)17-7-2-4-10-21(17)25(20)15-11-12-22-19(14-15)18-8-5-13-24-23(18)26-22/h1-14H. The van der Waals surface area contributed by atoms with E-state index in [9.17, 15) is 0 Å². The first-order valence-electron chi connectivity index (χ1n) is 8.66. The van der Waals surface area contributed by atoms with E-state index < -0.39 is 0 Å². The van der Waals surface area contributed by atoms with Crippen LogP contribution in [0.15, 0.2) is 89.5 Å². The van der Waals surface area contributed by atoms with Crippen LogP contribution in [-0.2, 0) is 0 Å². The predicted molar refractivity (Wildman–Crippen MR) is 106 cm³/mol. The van der Waals surface area contributed by atoms with Crippen LogP contribution in [0.1, 0.15) is 0 Å². The summed E-state index contributed by atoms with van der Waals surface area (Å²) in [5, 5.41) is 4.67. The maximum atomic E-state index is 5.88. The molecule has 0 radical (unpaired) electrons. The molecule has 3 aromatic heterocycles. The van der Waals surface area contributed by atoms with Crippen LogP contribution < -0.4 is 0 Å². The minimum atomic E-state index is 0.682. The molecule has 3 aromatic carbocycles. The van der Waals surface area contributed by atoms with E-state index >= 15 is 0 Å². The maximum Gasteiger partial charge on any atom is 0.227 e. The molecule has 0 spiro atoms. The van der Waals surface area contributed by atoms with Crippen LogP contribution in [0.2, 0.25) is 0 Å². The van der Waals surface area contributed by atoms with E-state index in [0.29, 0.717) is 5.71 Å². The van der Waals surface area contributed by atoms with Gasteiger partial charge in [0.15, 0.2) is 0 Å². The predicted octanol–water partition coefficient (Wildman–Crippen LogP) is 6.08. The molecule has 0 amide bonds. The maximum absolute atomic E-state index is 5.88. The number of fused-ring (bicyclic) bond motifs is 6. The topological polar surface area (TPSA) is 31.0 Å². The number of hydrogen-bond acceptors (Lipinski definition) is 2. The Kier molecular flexibility index (Phi) is 2.61. The molecule has 26 heavy (non-hydrogen) atoms. The van der Waals surface area contributed by atoms with Crippen molar-refractivity contribution in [2.45, 2.75) is 0 Å². The summed E-state index contributed by atoms with van der Waals surface area (Å²) in [5.41, 5.74) is 5.09. The summed E-state index contributed by atoms with van der Waals surface area (Å²) in [7, 11) is 0. The Labute approximate surface area is 149 Å².